The standard InChI is InChI=1S/C16H15N3O6S2.C6H15N/c1-2-26(21,22)14-15(19-11-7-6-10-13(19)17-14)27(23,24)18-16(20)25-12-8-4-3-5-9-12;1-4-7(5-2)6-3/h3-11H,2H2,1H3,(H,18,20);4-6H2,1-3H3. The van der Waals surface area contributed by atoms with Crippen LogP contribution in [0.3, 0.4) is 0 Å². The van der Waals surface area contributed by atoms with Crippen molar-refractivity contribution < 1.29 is 26.4 Å². The van der Waals surface area contributed by atoms with Gasteiger partial charge in [0.25, 0.3) is 10.0 Å². The number of ether oxygens (including phenoxy) is 1. The molecule has 0 saturated carbocycles. The van der Waals surface area contributed by atoms with Crippen molar-refractivity contribution in [2.24, 2.45) is 0 Å². The number of hydrogen-bond donors (Lipinski definition) is 1. The van der Waals surface area contributed by atoms with Crippen LogP contribution in [0.5, 0.6) is 5.75 Å². The third kappa shape index (κ3) is 6.78. The van der Waals surface area contributed by atoms with Crippen LogP contribution in [0, 0.1) is 0 Å². The molecule has 0 spiro atoms. The van der Waals surface area contributed by atoms with Gasteiger partial charge >= 0.3 is 6.09 Å². The van der Waals surface area contributed by atoms with E-state index >= 15 is 0 Å². The maximum atomic E-state index is 12.8. The average molecular weight is 511 g/mol. The molecule has 0 bridgehead atoms. The van der Waals surface area contributed by atoms with Crippen LogP contribution in [0.15, 0.2) is 64.8 Å². The second kappa shape index (κ2) is 12.0. The molecule has 3 aromatic rings. The molecule has 0 atom stereocenters. The lowest BCUT2D eigenvalue weighted by atomic mass is 10.3. The second-order valence-electron chi connectivity index (χ2n) is 6.98. The van der Waals surface area contributed by atoms with Gasteiger partial charge < -0.3 is 9.64 Å². The van der Waals surface area contributed by atoms with Crippen molar-refractivity contribution in [2.75, 3.05) is 25.4 Å². The van der Waals surface area contributed by atoms with Crippen LogP contribution >= 0.6 is 0 Å². The first kappa shape index (κ1) is 27.3. The van der Waals surface area contributed by atoms with Crippen LogP contribution in [0.4, 0.5) is 4.79 Å². The number of carbonyl (C=O) groups is 1. The van der Waals surface area contributed by atoms with Gasteiger partial charge in [-0.15, -0.1) is 0 Å². The molecule has 1 amide bonds. The number of amides is 1. The zero-order valence-electron chi connectivity index (χ0n) is 19.6. The highest BCUT2D eigenvalue weighted by molar-refractivity contribution is 7.93. The molecular weight excluding hydrogens is 480 g/mol. The topological polar surface area (TPSA) is 127 Å². The third-order valence-electron chi connectivity index (χ3n) is 4.90. The quantitative estimate of drug-likeness (QED) is 0.490. The minimum Gasteiger partial charge on any atom is -0.410 e. The molecule has 1 N–H and O–H groups in total. The Balaban J connectivity index is 0.000000509. The largest absolute Gasteiger partial charge is 0.426 e. The van der Waals surface area contributed by atoms with Gasteiger partial charge in [-0.3, -0.25) is 4.40 Å². The molecule has 0 fully saturated rings. The van der Waals surface area contributed by atoms with Gasteiger partial charge in [-0.05, 0) is 43.9 Å². The Morgan fingerprint density at radius 1 is 0.941 bits per heavy atom. The summed E-state index contributed by atoms with van der Waals surface area (Å²) in [4.78, 5) is 18.3. The Bertz CT molecular complexity index is 1300. The summed E-state index contributed by atoms with van der Waals surface area (Å²) in [5, 5.41) is -1.28. The summed E-state index contributed by atoms with van der Waals surface area (Å²) in [6.45, 7) is 11.5. The summed E-state index contributed by atoms with van der Waals surface area (Å²) in [5.74, 6) is -0.224. The normalized spacial score (nSPS) is 11.7. The van der Waals surface area contributed by atoms with Gasteiger partial charge in [-0.25, -0.2) is 22.9 Å². The van der Waals surface area contributed by atoms with Crippen molar-refractivity contribution in [3.05, 3.63) is 54.7 Å². The second-order valence-corrected chi connectivity index (χ2v) is 10.8. The van der Waals surface area contributed by atoms with E-state index in [1.165, 1.54) is 57.0 Å². The smallest absolute Gasteiger partial charge is 0.410 e. The van der Waals surface area contributed by atoms with Crippen LogP contribution in [-0.4, -0.2) is 62.6 Å². The predicted molar refractivity (Wildman–Crippen MR) is 129 cm³/mol. The van der Waals surface area contributed by atoms with Gasteiger partial charge in [0.15, 0.2) is 19.9 Å². The molecule has 0 aliphatic heterocycles. The first-order valence-corrected chi connectivity index (χ1v) is 13.9. The molecule has 186 valence electrons. The van der Waals surface area contributed by atoms with Crippen molar-refractivity contribution in [3.8, 4) is 5.75 Å². The number of imidazole rings is 1. The summed E-state index contributed by atoms with van der Waals surface area (Å²) >= 11 is 0. The molecule has 0 aliphatic rings. The van der Waals surface area contributed by atoms with Gasteiger partial charge in [-0.2, -0.15) is 8.42 Å². The summed E-state index contributed by atoms with van der Waals surface area (Å²) in [6, 6.07) is 12.4. The Morgan fingerprint density at radius 2 is 1.53 bits per heavy atom. The number of sulfone groups is 1. The summed E-state index contributed by atoms with van der Waals surface area (Å²) < 4.78 is 57.9. The number of pyridine rings is 1. The third-order valence-corrected chi connectivity index (χ3v) is 8.00. The maximum Gasteiger partial charge on any atom is 0.426 e. The first-order valence-electron chi connectivity index (χ1n) is 10.8. The van der Waals surface area contributed by atoms with Crippen LogP contribution in [-0.2, 0) is 19.9 Å². The lowest BCUT2D eigenvalue weighted by Gasteiger charge is -2.13. The monoisotopic (exact) mass is 510 g/mol. The van der Waals surface area contributed by atoms with Crippen molar-refractivity contribution >= 4 is 31.6 Å². The number of rotatable bonds is 8. The Kier molecular flexibility index (Phi) is 9.59. The van der Waals surface area contributed by atoms with Gasteiger partial charge in [0, 0.05) is 6.20 Å². The highest BCUT2D eigenvalue weighted by atomic mass is 32.2. The van der Waals surface area contributed by atoms with E-state index < -0.39 is 36.0 Å². The molecule has 0 radical (unpaired) electrons. The van der Waals surface area contributed by atoms with Crippen LogP contribution < -0.4 is 9.46 Å². The Morgan fingerprint density at radius 3 is 2.06 bits per heavy atom. The molecular formula is C22H30N4O6S2. The average Bonchev–Trinajstić information content (AvgIpc) is 3.23. The fourth-order valence-electron chi connectivity index (χ4n) is 2.98. The molecule has 0 saturated heterocycles. The SMILES string of the molecule is CCN(CC)CC.CCS(=O)(=O)c1nc2ccccn2c1S(=O)(=O)NC(=O)Oc1ccccc1. The van der Waals surface area contributed by atoms with E-state index in [1.807, 2.05) is 0 Å². The van der Waals surface area contributed by atoms with E-state index in [-0.39, 0.29) is 17.1 Å². The van der Waals surface area contributed by atoms with E-state index in [9.17, 15) is 21.6 Å². The van der Waals surface area contributed by atoms with E-state index in [2.05, 4.69) is 30.7 Å². The minimum absolute atomic E-state index is 0.112. The van der Waals surface area contributed by atoms with Crippen molar-refractivity contribution in [2.45, 2.75) is 37.7 Å². The van der Waals surface area contributed by atoms with Gasteiger partial charge in [0.05, 0.1) is 5.75 Å². The van der Waals surface area contributed by atoms with E-state index in [0.717, 1.165) is 4.40 Å². The summed E-state index contributed by atoms with van der Waals surface area (Å²) in [7, 11) is -8.56. The van der Waals surface area contributed by atoms with Crippen LogP contribution in [0.1, 0.15) is 27.7 Å². The summed E-state index contributed by atoms with van der Waals surface area (Å²) in [6.07, 6.45) is 0.0700. The van der Waals surface area contributed by atoms with Crippen molar-refractivity contribution in [1.82, 2.24) is 19.0 Å². The Hall–Kier alpha value is -2.96. The van der Waals surface area contributed by atoms with Gasteiger partial charge in [0.2, 0.25) is 0 Å². The zero-order chi connectivity index (χ0) is 25.4. The number of aromatic nitrogens is 2. The molecule has 0 aliphatic carbocycles. The first-order chi connectivity index (χ1) is 16.1. The molecule has 2 aromatic heterocycles. The van der Waals surface area contributed by atoms with Crippen LogP contribution in [0.25, 0.3) is 5.65 Å². The van der Waals surface area contributed by atoms with Crippen LogP contribution in [0.2, 0.25) is 0 Å². The van der Waals surface area contributed by atoms with Crippen molar-refractivity contribution in [1.29, 1.82) is 0 Å². The number of carbonyl (C=O) groups excluding carboxylic acids is 1. The number of nitrogens with one attached hydrogen (secondary N) is 1. The maximum absolute atomic E-state index is 12.8. The number of para-hydroxylation sites is 1. The van der Waals surface area contributed by atoms with E-state index in [4.69, 9.17) is 4.74 Å². The molecule has 34 heavy (non-hydrogen) atoms. The number of hydrogen-bond acceptors (Lipinski definition) is 8. The van der Waals surface area contributed by atoms with E-state index in [0.29, 0.717) is 0 Å². The molecule has 1 aromatic carbocycles. The fourth-order valence-corrected chi connectivity index (χ4v) is 5.61. The number of nitrogens with zero attached hydrogens (tertiary/aromatic N) is 3. The molecule has 3 rings (SSSR count). The highest BCUT2D eigenvalue weighted by Crippen LogP contribution is 2.23. The minimum atomic E-state index is -4.59. The predicted octanol–water partition coefficient (Wildman–Crippen LogP) is 2.95. The number of sulfonamides is 1. The van der Waals surface area contributed by atoms with Gasteiger partial charge in [-0.1, -0.05) is 52.0 Å². The van der Waals surface area contributed by atoms with Gasteiger partial charge in [0.1, 0.15) is 11.4 Å². The zero-order valence-corrected chi connectivity index (χ0v) is 21.3. The lowest BCUT2D eigenvalue weighted by Crippen LogP contribution is -2.34. The Labute approximate surface area is 200 Å². The number of benzene rings is 1. The number of fused-ring (bicyclic) bond motifs is 1. The highest BCUT2D eigenvalue weighted by Gasteiger charge is 2.33. The molecule has 0 unspecified atom stereocenters. The lowest BCUT2D eigenvalue weighted by molar-refractivity contribution is 0.206. The molecule has 10 nitrogen and oxygen atoms in total. The molecule has 12 heteroatoms. The van der Waals surface area contributed by atoms with E-state index in [1.54, 1.807) is 29.0 Å². The molecule has 2 heterocycles. The van der Waals surface area contributed by atoms with Crippen molar-refractivity contribution in [3.63, 3.8) is 0 Å². The summed E-state index contributed by atoms with van der Waals surface area (Å²) in [5.41, 5.74) is 0.112. The fraction of sp³-hybridized carbons (Fsp3) is 0.364.